The molecule has 1 atom stereocenters. The van der Waals surface area contributed by atoms with Gasteiger partial charge < -0.3 is 10.4 Å². The molecule has 0 rings (SSSR count). The van der Waals surface area contributed by atoms with Crippen molar-refractivity contribution in [3.8, 4) is 0 Å². The summed E-state index contributed by atoms with van der Waals surface area (Å²) < 4.78 is 0. The second-order valence-corrected chi connectivity index (χ2v) is 5.27. The summed E-state index contributed by atoms with van der Waals surface area (Å²) in [5.41, 5.74) is 0. The van der Waals surface area contributed by atoms with Crippen LogP contribution in [-0.4, -0.2) is 23.0 Å². The van der Waals surface area contributed by atoms with E-state index in [2.05, 4.69) is 18.8 Å². The molecule has 0 saturated heterocycles. The Labute approximate surface area is 122 Å². The summed E-state index contributed by atoms with van der Waals surface area (Å²) >= 11 is 0. The first-order valence-corrected chi connectivity index (χ1v) is 7.74. The van der Waals surface area contributed by atoms with Gasteiger partial charge in [-0.15, -0.1) is 0 Å². The van der Waals surface area contributed by atoms with Crippen LogP contribution >= 0.6 is 0 Å². The fraction of sp³-hybridized carbons (Fsp3) is 0.750. The van der Waals surface area contributed by atoms with E-state index in [0.29, 0.717) is 0 Å². The molecule has 4 heteroatoms. The van der Waals surface area contributed by atoms with Crippen LogP contribution in [0.4, 0.5) is 0 Å². The first-order valence-electron chi connectivity index (χ1n) is 7.74. The zero-order valence-electron chi connectivity index (χ0n) is 12.7. The summed E-state index contributed by atoms with van der Waals surface area (Å²) in [6.45, 7) is 5.59. The van der Waals surface area contributed by atoms with Crippen LogP contribution < -0.4 is 5.32 Å². The van der Waals surface area contributed by atoms with Crippen LogP contribution in [-0.2, 0) is 9.59 Å². The molecule has 0 aromatic heterocycles. The summed E-state index contributed by atoms with van der Waals surface area (Å²) in [6, 6.07) is -0.280. The number of carbonyl (C=O) groups excluding carboxylic acids is 1. The number of unbranched alkanes of at least 4 members (excludes halogenated alkanes) is 7. The van der Waals surface area contributed by atoms with Gasteiger partial charge in [0.25, 0.3) is 0 Å². The van der Waals surface area contributed by atoms with Crippen LogP contribution in [0.15, 0.2) is 12.7 Å². The molecule has 2 N–H and O–H groups in total. The summed E-state index contributed by atoms with van der Waals surface area (Å²) in [5, 5.41) is 11.5. The Balaban J connectivity index is 3.70. The highest BCUT2D eigenvalue weighted by atomic mass is 16.4. The van der Waals surface area contributed by atoms with Crippen molar-refractivity contribution >= 4 is 11.9 Å². The predicted octanol–water partition coefficient (Wildman–Crippen LogP) is 3.66. The zero-order valence-corrected chi connectivity index (χ0v) is 12.7. The van der Waals surface area contributed by atoms with E-state index in [1.54, 1.807) is 0 Å². The van der Waals surface area contributed by atoms with Gasteiger partial charge in [0.1, 0.15) is 0 Å². The van der Waals surface area contributed by atoms with E-state index < -0.39 is 5.97 Å². The van der Waals surface area contributed by atoms with Gasteiger partial charge in [-0.05, 0) is 12.5 Å². The highest BCUT2D eigenvalue weighted by Crippen LogP contribution is 2.11. The van der Waals surface area contributed by atoms with Crippen LogP contribution in [0.3, 0.4) is 0 Å². The molecule has 0 bridgehead atoms. The standard InChI is InChI=1S/C16H29NO3/c1-3-5-6-7-8-9-10-11-12-14(13-16(19)20)17-15(18)4-2/h4,14H,2-3,5-13H2,1H3,(H,17,18)(H,19,20). The average Bonchev–Trinajstić information content (AvgIpc) is 2.40. The third-order valence-corrected chi connectivity index (χ3v) is 3.36. The van der Waals surface area contributed by atoms with Gasteiger partial charge in [0, 0.05) is 6.04 Å². The lowest BCUT2D eigenvalue weighted by Gasteiger charge is -2.15. The largest absolute Gasteiger partial charge is 0.481 e. The van der Waals surface area contributed by atoms with E-state index >= 15 is 0 Å². The van der Waals surface area contributed by atoms with Crippen LogP contribution in [0.1, 0.15) is 71.1 Å². The van der Waals surface area contributed by atoms with Crippen LogP contribution in [0.2, 0.25) is 0 Å². The quantitative estimate of drug-likeness (QED) is 0.400. The Hall–Kier alpha value is -1.32. The maximum Gasteiger partial charge on any atom is 0.305 e. The number of aliphatic carboxylic acids is 1. The average molecular weight is 283 g/mol. The molecular formula is C16H29NO3. The second kappa shape index (κ2) is 12.7. The van der Waals surface area contributed by atoms with E-state index in [1.165, 1.54) is 44.6 Å². The van der Waals surface area contributed by atoms with Gasteiger partial charge in [-0.3, -0.25) is 9.59 Å². The van der Waals surface area contributed by atoms with Gasteiger partial charge in [0.2, 0.25) is 5.91 Å². The summed E-state index contributed by atoms with van der Waals surface area (Å²) in [6.07, 6.45) is 11.6. The van der Waals surface area contributed by atoms with Crippen molar-refractivity contribution in [2.45, 2.75) is 77.2 Å². The van der Waals surface area contributed by atoms with Gasteiger partial charge in [0.15, 0.2) is 0 Å². The first-order chi connectivity index (χ1) is 9.60. The smallest absolute Gasteiger partial charge is 0.305 e. The molecule has 116 valence electrons. The van der Waals surface area contributed by atoms with Gasteiger partial charge in [-0.1, -0.05) is 64.9 Å². The van der Waals surface area contributed by atoms with Gasteiger partial charge in [0.05, 0.1) is 6.42 Å². The molecule has 0 aromatic rings. The van der Waals surface area contributed by atoms with E-state index in [9.17, 15) is 9.59 Å². The fourth-order valence-electron chi connectivity index (χ4n) is 2.22. The number of hydrogen-bond donors (Lipinski definition) is 2. The number of rotatable bonds is 13. The second-order valence-electron chi connectivity index (χ2n) is 5.27. The number of carbonyl (C=O) groups is 2. The van der Waals surface area contributed by atoms with E-state index in [0.717, 1.165) is 19.3 Å². The molecule has 0 aliphatic carbocycles. The van der Waals surface area contributed by atoms with Crippen molar-refractivity contribution in [2.75, 3.05) is 0 Å². The molecule has 0 radical (unpaired) electrons. The summed E-state index contributed by atoms with van der Waals surface area (Å²) in [4.78, 5) is 22.0. The van der Waals surface area contributed by atoms with Crippen molar-refractivity contribution in [1.29, 1.82) is 0 Å². The Morgan fingerprint density at radius 2 is 1.65 bits per heavy atom. The Morgan fingerprint density at radius 3 is 2.15 bits per heavy atom. The van der Waals surface area contributed by atoms with E-state index in [1.807, 2.05) is 0 Å². The van der Waals surface area contributed by atoms with Crippen molar-refractivity contribution in [1.82, 2.24) is 5.32 Å². The van der Waals surface area contributed by atoms with Crippen molar-refractivity contribution < 1.29 is 14.7 Å². The molecule has 0 aliphatic heterocycles. The fourth-order valence-corrected chi connectivity index (χ4v) is 2.22. The highest BCUT2D eigenvalue weighted by Gasteiger charge is 2.14. The zero-order chi connectivity index (χ0) is 15.2. The molecule has 4 nitrogen and oxygen atoms in total. The molecule has 0 fully saturated rings. The van der Waals surface area contributed by atoms with Crippen LogP contribution in [0, 0.1) is 0 Å². The molecule has 0 aliphatic rings. The van der Waals surface area contributed by atoms with Gasteiger partial charge >= 0.3 is 5.97 Å². The maximum atomic E-state index is 11.2. The lowest BCUT2D eigenvalue weighted by Crippen LogP contribution is -2.35. The van der Waals surface area contributed by atoms with E-state index in [-0.39, 0.29) is 18.4 Å². The minimum absolute atomic E-state index is 0.0178. The Bertz CT molecular complexity index is 289. The predicted molar refractivity (Wildman–Crippen MR) is 81.6 cm³/mol. The third kappa shape index (κ3) is 11.8. The lowest BCUT2D eigenvalue weighted by molar-refractivity contribution is -0.137. The SMILES string of the molecule is C=CC(=O)NC(CCCCCCCCCC)CC(=O)O. The monoisotopic (exact) mass is 283 g/mol. The van der Waals surface area contributed by atoms with Crippen molar-refractivity contribution in [2.24, 2.45) is 0 Å². The van der Waals surface area contributed by atoms with Gasteiger partial charge in [-0.2, -0.15) is 0 Å². The number of amides is 1. The maximum absolute atomic E-state index is 11.2. The lowest BCUT2D eigenvalue weighted by atomic mass is 10.0. The molecule has 0 spiro atoms. The van der Waals surface area contributed by atoms with Crippen molar-refractivity contribution in [3.05, 3.63) is 12.7 Å². The molecule has 0 aromatic carbocycles. The number of hydrogen-bond acceptors (Lipinski definition) is 2. The summed E-state index contributed by atoms with van der Waals surface area (Å²) in [7, 11) is 0. The van der Waals surface area contributed by atoms with Crippen LogP contribution in [0.25, 0.3) is 0 Å². The number of nitrogens with one attached hydrogen (secondary N) is 1. The number of carboxylic acids is 1. The summed E-state index contributed by atoms with van der Waals surface area (Å²) in [5.74, 6) is -1.17. The van der Waals surface area contributed by atoms with Crippen molar-refractivity contribution in [3.63, 3.8) is 0 Å². The number of carboxylic acid groups (broad SMARTS) is 1. The molecule has 1 unspecified atom stereocenters. The minimum Gasteiger partial charge on any atom is -0.481 e. The highest BCUT2D eigenvalue weighted by molar-refractivity contribution is 5.87. The third-order valence-electron chi connectivity index (χ3n) is 3.36. The minimum atomic E-state index is -0.876. The van der Waals surface area contributed by atoms with Gasteiger partial charge in [-0.25, -0.2) is 0 Å². The first kappa shape index (κ1) is 18.7. The molecule has 0 heterocycles. The van der Waals surface area contributed by atoms with E-state index in [4.69, 9.17) is 5.11 Å². The Morgan fingerprint density at radius 1 is 1.10 bits per heavy atom. The topological polar surface area (TPSA) is 66.4 Å². The molecule has 20 heavy (non-hydrogen) atoms. The molecular weight excluding hydrogens is 254 g/mol. The normalized spacial score (nSPS) is 11.8. The molecule has 1 amide bonds. The molecule has 0 saturated carbocycles. The Kier molecular flexibility index (Phi) is 11.9. The van der Waals surface area contributed by atoms with Crippen LogP contribution in [0.5, 0.6) is 0 Å².